The van der Waals surface area contributed by atoms with Gasteiger partial charge in [-0.2, -0.15) is 5.10 Å². The topological polar surface area (TPSA) is 105 Å². The van der Waals surface area contributed by atoms with Gasteiger partial charge in [0.1, 0.15) is 5.82 Å². The van der Waals surface area contributed by atoms with E-state index in [0.717, 1.165) is 5.56 Å². The van der Waals surface area contributed by atoms with E-state index < -0.39 is 4.92 Å². The Labute approximate surface area is 121 Å². The van der Waals surface area contributed by atoms with Crippen LogP contribution in [0.15, 0.2) is 24.3 Å². The van der Waals surface area contributed by atoms with E-state index in [1.54, 1.807) is 26.1 Å². The minimum atomic E-state index is -0.469. The van der Waals surface area contributed by atoms with Gasteiger partial charge in [-0.3, -0.25) is 20.0 Å². The molecule has 8 heteroatoms. The molecule has 1 aromatic heterocycles. The van der Waals surface area contributed by atoms with Crippen molar-refractivity contribution in [3.05, 3.63) is 51.6 Å². The number of hydrogen-bond donors (Lipinski definition) is 1. The zero-order chi connectivity index (χ0) is 15.4. The molecule has 0 fully saturated rings. The molecule has 0 spiro atoms. The van der Waals surface area contributed by atoms with Crippen LogP contribution in [0, 0.1) is 17.0 Å². The lowest BCUT2D eigenvalue weighted by Crippen LogP contribution is -2.28. The number of benzene rings is 1. The second-order valence-electron chi connectivity index (χ2n) is 4.69. The van der Waals surface area contributed by atoms with E-state index >= 15 is 0 Å². The SMILES string of the molecule is Cc1nc(CN(C)C(=O)Cc2ccc([N+](=O)[O-])cc2)n[nH]1. The second-order valence-corrected chi connectivity index (χ2v) is 4.69. The van der Waals surface area contributed by atoms with Gasteiger partial charge in [0.25, 0.3) is 5.69 Å². The molecule has 110 valence electrons. The average molecular weight is 289 g/mol. The minimum Gasteiger partial charge on any atom is -0.338 e. The summed E-state index contributed by atoms with van der Waals surface area (Å²) in [6, 6.07) is 5.95. The highest BCUT2D eigenvalue weighted by Gasteiger charge is 2.13. The molecule has 0 atom stereocenters. The summed E-state index contributed by atoms with van der Waals surface area (Å²) in [6.07, 6.45) is 0.178. The number of hydrogen-bond acceptors (Lipinski definition) is 5. The van der Waals surface area contributed by atoms with E-state index in [9.17, 15) is 14.9 Å². The maximum absolute atomic E-state index is 12.1. The van der Waals surface area contributed by atoms with Crippen LogP contribution in [0.25, 0.3) is 0 Å². The van der Waals surface area contributed by atoms with Crippen LogP contribution in [-0.2, 0) is 17.8 Å². The molecule has 2 aromatic rings. The third-order valence-electron chi connectivity index (χ3n) is 2.95. The summed E-state index contributed by atoms with van der Waals surface area (Å²) in [5, 5.41) is 17.2. The Morgan fingerprint density at radius 2 is 2.05 bits per heavy atom. The Hall–Kier alpha value is -2.77. The Bertz CT molecular complexity index is 650. The minimum absolute atomic E-state index is 0.00996. The third kappa shape index (κ3) is 3.85. The van der Waals surface area contributed by atoms with Crippen LogP contribution >= 0.6 is 0 Å². The highest BCUT2D eigenvalue weighted by molar-refractivity contribution is 5.78. The third-order valence-corrected chi connectivity index (χ3v) is 2.95. The maximum atomic E-state index is 12.1. The number of carbonyl (C=O) groups excluding carboxylic acids is 1. The molecular formula is C13H15N5O3. The molecule has 1 N–H and O–H groups in total. The van der Waals surface area contributed by atoms with Gasteiger partial charge in [0, 0.05) is 19.2 Å². The molecule has 0 aliphatic heterocycles. The van der Waals surface area contributed by atoms with Crippen LogP contribution in [0.5, 0.6) is 0 Å². The first-order valence-corrected chi connectivity index (χ1v) is 6.31. The van der Waals surface area contributed by atoms with Gasteiger partial charge >= 0.3 is 0 Å². The van der Waals surface area contributed by atoms with Crippen LogP contribution in [-0.4, -0.2) is 38.0 Å². The Kier molecular flexibility index (Phi) is 4.27. The van der Waals surface area contributed by atoms with E-state index in [1.807, 2.05) is 0 Å². The fourth-order valence-electron chi connectivity index (χ4n) is 1.81. The molecule has 0 bridgehead atoms. The van der Waals surface area contributed by atoms with Crippen molar-refractivity contribution in [2.75, 3.05) is 7.05 Å². The molecule has 0 aliphatic rings. The van der Waals surface area contributed by atoms with E-state index in [1.165, 1.54) is 17.0 Å². The van der Waals surface area contributed by atoms with Crippen LogP contribution in [0.1, 0.15) is 17.2 Å². The first-order valence-electron chi connectivity index (χ1n) is 6.31. The number of nitrogens with one attached hydrogen (secondary N) is 1. The summed E-state index contributed by atoms with van der Waals surface area (Å²) in [5.74, 6) is 1.14. The number of nitro groups is 1. The molecule has 21 heavy (non-hydrogen) atoms. The van der Waals surface area contributed by atoms with Gasteiger partial charge in [-0.05, 0) is 12.5 Å². The summed E-state index contributed by atoms with van der Waals surface area (Å²) >= 11 is 0. The Morgan fingerprint density at radius 1 is 1.38 bits per heavy atom. The van der Waals surface area contributed by atoms with Crippen LogP contribution in [0.4, 0.5) is 5.69 Å². The summed E-state index contributed by atoms with van der Waals surface area (Å²) in [6.45, 7) is 2.10. The number of H-pyrrole nitrogens is 1. The molecule has 0 saturated carbocycles. The van der Waals surface area contributed by atoms with Crippen LogP contribution < -0.4 is 0 Å². The number of rotatable bonds is 5. The van der Waals surface area contributed by atoms with Gasteiger partial charge in [0.05, 0.1) is 17.9 Å². The Balaban J connectivity index is 1.95. The van der Waals surface area contributed by atoms with Crippen molar-refractivity contribution in [2.24, 2.45) is 0 Å². The van der Waals surface area contributed by atoms with Gasteiger partial charge in [-0.25, -0.2) is 4.98 Å². The average Bonchev–Trinajstić information content (AvgIpc) is 2.84. The van der Waals surface area contributed by atoms with Crippen LogP contribution in [0.2, 0.25) is 0 Å². The van der Waals surface area contributed by atoms with E-state index in [0.29, 0.717) is 18.2 Å². The summed E-state index contributed by atoms with van der Waals surface area (Å²) < 4.78 is 0. The first kappa shape index (κ1) is 14.6. The van der Waals surface area contributed by atoms with Crippen molar-refractivity contribution in [3.63, 3.8) is 0 Å². The summed E-state index contributed by atoms with van der Waals surface area (Å²) in [7, 11) is 1.67. The predicted octanol–water partition coefficient (Wildman–Crippen LogP) is 1.22. The quantitative estimate of drug-likeness (QED) is 0.658. The highest BCUT2D eigenvalue weighted by atomic mass is 16.6. The van der Waals surface area contributed by atoms with Crippen molar-refractivity contribution < 1.29 is 9.72 Å². The number of nitrogens with zero attached hydrogens (tertiary/aromatic N) is 4. The molecule has 0 saturated heterocycles. The molecule has 0 unspecified atom stereocenters. The smallest absolute Gasteiger partial charge is 0.269 e. The Morgan fingerprint density at radius 3 is 2.57 bits per heavy atom. The number of likely N-dealkylation sites (N-methyl/N-ethyl adjacent to an activating group) is 1. The first-order chi connectivity index (χ1) is 9.95. The molecular weight excluding hydrogens is 274 g/mol. The van der Waals surface area contributed by atoms with Gasteiger partial charge < -0.3 is 4.90 Å². The normalized spacial score (nSPS) is 10.4. The van der Waals surface area contributed by atoms with Gasteiger partial charge in [0.15, 0.2) is 5.82 Å². The predicted molar refractivity (Wildman–Crippen MR) is 74.4 cm³/mol. The molecule has 2 rings (SSSR count). The monoisotopic (exact) mass is 289 g/mol. The van der Waals surface area contributed by atoms with Gasteiger partial charge in [-0.15, -0.1) is 0 Å². The molecule has 1 heterocycles. The lowest BCUT2D eigenvalue weighted by atomic mass is 10.1. The number of amides is 1. The largest absolute Gasteiger partial charge is 0.338 e. The second kappa shape index (κ2) is 6.12. The van der Waals surface area contributed by atoms with Crippen molar-refractivity contribution >= 4 is 11.6 Å². The summed E-state index contributed by atoms with van der Waals surface area (Å²) in [5.41, 5.74) is 0.736. The van der Waals surface area contributed by atoms with Gasteiger partial charge in [0.2, 0.25) is 5.91 Å². The molecule has 1 aromatic carbocycles. The zero-order valence-electron chi connectivity index (χ0n) is 11.7. The fourth-order valence-corrected chi connectivity index (χ4v) is 1.81. The molecule has 0 aliphatic carbocycles. The van der Waals surface area contributed by atoms with Crippen molar-refractivity contribution in [2.45, 2.75) is 19.9 Å². The maximum Gasteiger partial charge on any atom is 0.269 e. The van der Waals surface area contributed by atoms with E-state index in [-0.39, 0.29) is 18.0 Å². The van der Waals surface area contributed by atoms with Crippen molar-refractivity contribution in [1.29, 1.82) is 0 Å². The number of non-ortho nitro benzene ring substituents is 1. The number of nitro benzene ring substituents is 1. The lowest BCUT2D eigenvalue weighted by Gasteiger charge is -2.15. The van der Waals surface area contributed by atoms with Crippen molar-refractivity contribution in [3.8, 4) is 0 Å². The standard InChI is InChI=1S/C13H15N5O3/c1-9-14-12(16-15-9)8-17(2)13(19)7-10-3-5-11(6-4-10)18(20)21/h3-6H,7-8H2,1-2H3,(H,14,15,16). The van der Waals surface area contributed by atoms with Gasteiger partial charge in [-0.1, -0.05) is 12.1 Å². The van der Waals surface area contributed by atoms with Crippen molar-refractivity contribution in [1.82, 2.24) is 20.1 Å². The zero-order valence-corrected chi connectivity index (χ0v) is 11.7. The fraction of sp³-hybridized carbons (Fsp3) is 0.308. The number of aromatic nitrogens is 3. The molecule has 0 radical (unpaired) electrons. The van der Waals surface area contributed by atoms with Crippen LogP contribution in [0.3, 0.4) is 0 Å². The molecule has 1 amide bonds. The van der Waals surface area contributed by atoms with E-state index in [2.05, 4.69) is 15.2 Å². The number of aryl methyl sites for hydroxylation is 1. The van der Waals surface area contributed by atoms with E-state index in [4.69, 9.17) is 0 Å². The number of carbonyl (C=O) groups is 1. The number of aromatic amines is 1. The highest BCUT2D eigenvalue weighted by Crippen LogP contribution is 2.13. The molecule has 8 nitrogen and oxygen atoms in total. The summed E-state index contributed by atoms with van der Waals surface area (Å²) in [4.78, 5) is 27.8. The lowest BCUT2D eigenvalue weighted by molar-refractivity contribution is -0.384.